The van der Waals surface area contributed by atoms with Crippen LogP contribution in [0.15, 0.2) is 21.6 Å². The summed E-state index contributed by atoms with van der Waals surface area (Å²) < 4.78 is 30.2. The molecule has 1 aromatic heterocycles. The topological polar surface area (TPSA) is 62.6 Å². The van der Waals surface area contributed by atoms with Crippen LogP contribution >= 0.6 is 11.8 Å². The highest BCUT2D eigenvalue weighted by Crippen LogP contribution is 2.17. The summed E-state index contributed by atoms with van der Waals surface area (Å²) in [7, 11) is -0.501. The van der Waals surface area contributed by atoms with Gasteiger partial charge in [0.05, 0.1) is 6.54 Å². The van der Waals surface area contributed by atoms with Gasteiger partial charge in [0, 0.05) is 25.9 Å². The molecule has 0 bridgehead atoms. The van der Waals surface area contributed by atoms with E-state index in [1.165, 1.54) is 20.2 Å². The molecule has 0 amide bonds. The van der Waals surface area contributed by atoms with Gasteiger partial charge in [-0.05, 0) is 24.8 Å². The minimum Gasteiger partial charge on any atom is -0.447 e. The number of hydrogen-bond acceptors (Lipinski definition) is 5. The van der Waals surface area contributed by atoms with Crippen LogP contribution < -0.4 is 5.32 Å². The standard InChI is InChI=1S/C12H22N2O3S2/c1-5-10(9-18-4)13-8-11-6-7-12(17-11)19(15,16)14(2)3/h6-7,10,13H,5,8-9H2,1-4H3. The molecule has 0 saturated carbocycles. The third kappa shape index (κ3) is 4.52. The largest absolute Gasteiger partial charge is 0.447 e. The first-order valence-electron chi connectivity index (χ1n) is 6.15. The molecule has 0 radical (unpaired) electrons. The minimum atomic E-state index is -3.48. The SMILES string of the molecule is CCC(CSC)NCc1ccc(S(=O)(=O)N(C)C)o1. The lowest BCUT2D eigenvalue weighted by Crippen LogP contribution is -2.29. The monoisotopic (exact) mass is 306 g/mol. The Kier molecular flexibility index (Phi) is 6.38. The van der Waals surface area contributed by atoms with Crippen molar-refractivity contribution in [1.82, 2.24) is 9.62 Å². The lowest BCUT2D eigenvalue weighted by Gasteiger charge is -2.14. The second kappa shape index (κ2) is 7.33. The third-order valence-electron chi connectivity index (χ3n) is 2.80. The Morgan fingerprint density at radius 3 is 2.63 bits per heavy atom. The molecule has 1 unspecified atom stereocenters. The average Bonchev–Trinajstić information content (AvgIpc) is 2.83. The van der Waals surface area contributed by atoms with Crippen molar-refractivity contribution >= 4 is 21.8 Å². The van der Waals surface area contributed by atoms with E-state index >= 15 is 0 Å². The minimum absolute atomic E-state index is 0.00721. The Hall–Kier alpha value is -0.500. The van der Waals surface area contributed by atoms with Crippen molar-refractivity contribution in [2.75, 3.05) is 26.1 Å². The van der Waals surface area contributed by atoms with E-state index in [0.29, 0.717) is 18.3 Å². The molecule has 1 heterocycles. The predicted octanol–water partition coefficient (Wildman–Crippen LogP) is 1.76. The molecule has 0 aliphatic carbocycles. The summed E-state index contributed by atoms with van der Waals surface area (Å²) in [5, 5.41) is 3.35. The molecule has 0 spiro atoms. The summed E-state index contributed by atoms with van der Waals surface area (Å²) in [5.41, 5.74) is 0. The van der Waals surface area contributed by atoms with Crippen molar-refractivity contribution in [1.29, 1.82) is 0 Å². The Labute approximate surface area is 119 Å². The van der Waals surface area contributed by atoms with E-state index in [1.54, 1.807) is 17.8 Å². The number of sulfonamides is 1. The van der Waals surface area contributed by atoms with E-state index in [1.807, 2.05) is 0 Å². The number of rotatable bonds is 8. The lowest BCUT2D eigenvalue weighted by molar-refractivity contribution is 0.380. The van der Waals surface area contributed by atoms with Gasteiger partial charge in [-0.15, -0.1) is 0 Å². The highest BCUT2D eigenvalue weighted by Gasteiger charge is 2.21. The van der Waals surface area contributed by atoms with E-state index in [4.69, 9.17) is 4.42 Å². The van der Waals surface area contributed by atoms with Crippen LogP contribution in [0.3, 0.4) is 0 Å². The molecule has 1 N–H and O–H groups in total. The van der Waals surface area contributed by atoms with E-state index in [9.17, 15) is 8.42 Å². The van der Waals surface area contributed by atoms with Crippen LogP contribution in [-0.2, 0) is 16.6 Å². The first kappa shape index (κ1) is 16.6. The molecule has 5 nitrogen and oxygen atoms in total. The van der Waals surface area contributed by atoms with Gasteiger partial charge in [0.1, 0.15) is 5.76 Å². The van der Waals surface area contributed by atoms with Gasteiger partial charge >= 0.3 is 0 Å². The summed E-state index contributed by atoms with van der Waals surface area (Å²) in [5.74, 6) is 1.67. The number of hydrogen-bond donors (Lipinski definition) is 1. The van der Waals surface area contributed by atoms with Gasteiger partial charge < -0.3 is 9.73 Å². The molecule has 1 atom stereocenters. The second-order valence-electron chi connectivity index (χ2n) is 4.45. The normalized spacial score (nSPS) is 13.9. The van der Waals surface area contributed by atoms with Crippen molar-refractivity contribution in [3.8, 4) is 0 Å². The zero-order chi connectivity index (χ0) is 14.5. The molecule has 1 aromatic rings. The average molecular weight is 306 g/mol. The third-order valence-corrected chi connectivity index (χ3v) is 5.22. The van der Waals surface area contributed by atoms with E-state index in [2.05, 4.69) is 18.5 Å². The van der Waals surface area contributed by atoms with Gasteiger partial charge in [0.2, 0.25) is 5.09 Å². The zero-order valence-corrected chi connectivity index (χ0v) is 13.5. The Morgan fingerprint density at radius 2 is 2.11 bits per heavy atom. The van der Waals surface area contributed by atoms with Gasteiger partial charge in [-0.2, -0.15) is 11.8 Å². The first-order chi connectivity index (χ1) is 8.91. The van der Waals surface area contributed by atoms with Crippen LogP contribution in [0.25, 0.3) is 0 Å². The van der Waals surface area contributed by atoms with E-state index in [-0.39, 0.29) is 5.09 Å². The molecule has 0 fully saturated rings. The van der Waals surface area contributed by atoms with Gasteiger partial charge in [0.25, 0.3) is 10.0 Å². The summed E-state index contributed by atoms with van der Waals surface area (Å²) in [6.07, 6.45) is 3.10. The number of furan rings is 1. The van der Waals surface area contributed by atoms with Crippen LogP contribution in [-0.4, -0.2) is 44.9 Å². The van der Waals surface area contributed by atoms with Crippen LogP contribution in [0.4, 0.5) is 0 Å². The van der Waals surface area contributed by atoms with Crippen molar-refractivity contribution in [2.24, 2.45) is 0 Å². The Balaban J connectivity index is 2.66. The smallest absolute Gasteiger partial charge is 0.275 e. The maximum atomic E-state index is 11.9. The van der Waals surface area contributed by atoms with Crippen molar-refractivity contribution in [3.05, 3.63) is 17.9 Å². The molecule has 19 heavy (non-hydrogen) atoms. The molecule has 0 aromatic carbocycles. The molecular formula is C12H22N2O3S2. The predicted molar refractivity (Wildman–Crippen MR) is 78.9 cm³/mol. The molecule has 0 saturated heterocycles. The van der Waals surface area contributed by atoms with Crippen molar-refractivity contribution in [3.63, 3.8) is 0 Å². The van der Waals surface area contributed by atoms with Gasteiger partial charge in [-0.25, -0.2) is 12.7 Å². The van der Waals surface area contributed by atoms with Crippen molar-refractivity contribution in [2.45, 2.75) is 31.0 Å². The summed E-state index contributed by atoms with van der Waals surface area (Å²) in [4.78, 5) is 0. The first-order valence-corrected chi connectivity index (χ1v) is 8.98. The molecular weight excluding hydrogens is 284 g/mol. The quantitative estimate of drug-likeness (QED) is 0.793. The fourth-order valence-electron chi connectivity index (χ4n) is 1.54. The van der Waals surface area contributed by atoms with Gasteiger partial charge in [-0.1, -0.05) is 6.92 Å². The van der Waals surface area contributed by atoms with Crippen LogP contribution in [0.5, 0.6) is 0 Å². The molecule has 0 aliphatic heterocycles. The van der Waals surface area contributed by atoms with Gasteiger partial charge in [-0.3, -0.25) is 0 Å². The Bertz CT molecular complexity index is 483. The van der Waals surface area contributed by atoms with Crippen LogP contribution in [0.1, 0.15) is 19.1 Å². The molecule has 0 aliphatic rings. The maximum absolute atomic E-state index is 11.9. The fourth-order valence-corrected chi connectivity index (χ4v) is 3.11. The van der Waals surface area contributed by atoms with Crippen molar-refractivity contribution < 1.29 is 12.8 Å². The second-order valence-corrected chi connectivity index (χ2v) is 7.44. The Morgan fingerprint density at radius 1 is 1.42 bits per heavy atom. The number of thioether (sulfide) groups is 1. The van der Waals surface area contributed by atoms with E-state index in [0.717, 1.165) is 16.5 Å². The maximum Gasteiger partial charge on any atom is 0.275 e. The number of nitrogens with one attached hydrogen (secondary N) is 1. The highest BCUT2D eigenvalue weighted by atomic mass is 32.2. The zero-order valence-electron chi connectivity index (χ0n) is 11.8. The lowest BCUT2D eigenvalue weighted by atomic mass is 10.2. The summed E-state index contributed by atoms with van der Waals surface area (Å²) in [6.45, 7) is 2.67. The molecule has 1 rings (SSSR count). The fraction of sp³-hybridized carbons (Fsp3) is 0.667. The molecule has 7 heteroatoms. The number of nitrogens with zero attached hydrogens (tertiary/aromatic N) is 1. The summed E-state index contributed by atoms with van der Waals surface area (Å²) in [6, 6.07) is 3.62. The molecule has 110 valence electrons. The summed E-state index contributed by atoms with van der Waals surface area (Å²) >= 11 is 1.79. The van der Waals surface area contributed by atoms with Gasteiger partial charge in [0.15, 0.2) is 0 Å². The van der Waals surface area contributed by atoms with Crippen LogP contribution in [0.2, 0.25) is 0 Å². The van der Waals surface area contributed by atoms with E-state index < -0.39 is 10.0 Å². The van der Waals surface area contributed by atoms with Crippen LogP contribution in [0, 0.1) is 0 Å². The highest BCUT2D eigenvalue weighted by molar-refractivity contribution is 7.98.